The van der Waals surface area contributed by atoms with Crippen molar-refractivity contribution in [3.63, 3.8) is 0 Å². The number of aryl methyl sites for hydroxylation is 1. The van der Waals surface area contributed by atoms with Crippen LogP contribution in [-0.4, -0.2) is 23.7 Å². The number of nitrogens with one attached hydrogen (secondary N) is 1. The number of hydrogen-bond donors (Lipinski definition) is 1. The van der Waals surface area contributed by atoms with Crippen molar-refractivity contribution in [2.75, 3.05) is 13.2 Å². The zero-order chi connectivity index (χ0) is 19.8. The number of hydrogen-bond acceptors (Lipinski definition) is 2. The summed E-state index contributed by atoms with van der Waals surface area (Å²) in [5.74, 6) is -0.148. The van der Waals surface area contributed by atoms with Crippen LogP contribution in [0.4, 0.5) is 0 Å². The van der Waals surface area contributed by atoms with Crippen LogP contribution in [0.3, 0.4) is 0 Å². The molecule has 1 atom stereocenters. The molecule has 0 aliphatic heterocycles. The molecule has 1 unspecified atom stereocenters. The minimum Gasteiger partial charge on any atom is -0.462 e. The van der Waals surface area contributed by atoms with Crippen LogP contribution in [-0.2, 0) is 29.2 Å². The molecule has 4 nitrogen and oxygen atoms in total. The average Bonchev–Trinajstić information content (AvgIpc) is 3.09. The largest absolute Gasteiger partial charge is 0.462 e. The van der Waals surface area contributed by atoms with Crippen LogP contribution in [0, 0.1) is 6.92 Å². The number of quaternary nitrogens is 1. The van der Waals surface area contributed by atoms with Crippen LogP contribution >= 0.6 is 0 Å². The molecule has 0 amide bonds. The number of esters is 1. The Hall–Kier alpha value is -2.85. The van der Waals surface area contributed by atoms with Crippen LogP contribution < -0.4 is 4.90 Å². The summed E-state index contributed by atoms with van der Waals surface area (Å²) in [5, 5.41) is 0. The Morgan fingerprint density at radius 2 is 1.75 bits per heavy atom. The first kappa shape index (κ1) is 19.9. The predicted molar refractivity (Wildman–Crippen MR) is 111 cm³/mol. The predicted octanol–water partition coefficient (Wildman–Crippen LogP) is 2.99. The maximum absolute atomic E-state index is 12.1. The highest BCUT2D eigenvalue weighted by molar-refractivity contribution is 5.70. The first-order chi connectivity index (χ1) is 13.6. The molecule has 1 heterocycles. The fourth-order valence-corrected chi connectivity index (χ4v) is 3.52. The first-order valence-electron chi connectivity index (χ1n) is 9.86. The monoisotopic (exact) mass is 377 g/mol. The van der Waals surface area contributed by atoms with Gasteiger partial charge in [-0.15, -0.1) is 0 Å². The summed E-state index contributed by atoms with van der Waals surface area (Å²) in [4.78, 5) is 13.3. The summed E-state index contributed by atoms with van der Waals surface area (Å²) in [7, 11) is 0. The van der Waals surface area contributed by atoms with E-state index in [9.17, 15) is 4.79 Å². The van der Waals surface area contributed by atoms with Gasteiger partial charge < -0.3 is 14.2 Å². The van der Waals surface area contributed by atoms with E-state index in [4.69, 9.17) is 4.74 Å². The molecule has 0 saturated carbocycles. The summed E-state index contributed by atoms with van der Waals surface area (Å²) >= 11 is 0. The van der Waals surface area contributed by atoms with Gasteiger partial charge in [0.15, 0.2) is 6.54 Å². The molecule has 3 rings (SSSR count). The van der Waals surface area contributed by atoms with E-state index in [2.05, 4.69) is 66.2 Å². The van der Waals surface area contributed by atoms with Crippen LogP contribution in [0.1, 0.15) is 29.3 Å². The second-order valence-corrected chi connectivity index (χ2v) is 7.19. The summed E-state index contributed by atoms with van der Waals surface area (Å²) in [6.07, 6.45) is 2.11. The van der Waals surface area contributed by atoms with E-state index >= 15 is 0 Å². The standard InChI is InChI=1S/C24H28N2O2/c1-3-28-24(27)19-25(16-21-10-5-4-6-11-21)18-23-13-8-14-26(23)17-22-12-7-9-20(2)15-22/h4-15H,3,16-19H2,1-2H3/p+1. The van der Waals surface area contributed by atoms with Gasteiger partial charge in [-0.05, 0) is 31.5 Å². The molecular formula is C24H29N2O2+. The normalized spacial score (nSPS) is 11.9. The van der Waals surface area contributed by atoms with E-state index in [1.807, 2.05) is 25.1 Å². The number of aromatic nitrogens is 1. The van der Waals surface area contributed by atoms with Crippen molar-refractivity contribution >= 4 is 5.97 Å². The van der Waals surface area contributed by atoms with Crippen LogP contribution in [0.5, 0.6) is 0 Å². The van der Waals surface area contributed by atoms with Gasteiger partial charge in [0, 0.05) is 18.3 Å². The lowest BCUT2D eigenvalue weighted by atomic mass is 10.1. The summed E-state index contributed by atoms with van der Waals surface area (Å²) in [5.41, 5.74) is 4.99. The molecule has 1 N–H and O–H groups in total. The summed E-state index contributed by atoms with van der Waals surface area (Å²) in [6, 6.07) is 23.1. The summed E-state index contributed by atoms with van der Waals surface area (Å²) in [6.45, 7) is 7.14. The maximum atomic E-state index is 12.1. The maximum Gasteiger partial charge on any atom is 0.361 e. The lowest BCUT2D eigenvalue weighted by Gasteiger charge is -2.20. The zero-order valence-corrected chi connectivity index (χ0v) is 16.7. The van der Waals surface area contributed by atoms with Crippen molar-refractivity contribution in [1.29, 1.82) is 0 Å². The molecule has 1 aromatic heterocycles. The van der Waals surface area contributed by atoms with E-state index < -0.39 is 0 Å². The molecule has 0 aliphatic rings. The molecule has 2 aromatic carbocycles. The van der Waals surface area contributed by atoms with Gasteiger partial charge in [-0.2, -0.15) is 0 Å². The molecule has 0 aliphatic carbocycles. The van der Waals surface area contributed by atoms with Gasteiger partial charge in [0.05, 0.1) is 12.3 Å². The Morgan fingerprint density at radius 1 is 0.964 bits per heavy atom. The molecule has 28 heavy (non-hydrogen) atoms. The highest BCUT2D eigenvalue weighted by Gasteiger charge is 2.18. The highest BCUT2D eigenvalue weighted by atomic mass is 16.5. The molecule has 0 fully saturated rings. The van der Waals surface area contributed by atoms with E-state index in [-0.39, 0.29) is 5.97 Å². The Kier molecular flexibility index (Phi) is 7.04. The van der Waals surface area contributed by atoms with Gasteiger partial charge in [-0.25, -0.2) is 4.79 Å². The second kappa shape index (κ2) is 9.90. The van der Waals surface area contributed by atoms with E-state index in [1.165, 1.54) is 27.3 Å². The number of carbonyl (C=O) groups excluding carboxylic acids is 1. The van der Waals surface area contributed by atoms with Gasteiger partial charge >= 0.3 is 5.97 Å². The lowest BCUT2D eigenvalue weighted by molar-refractivity contribution is -0.920. The van der Waals surface area contributed by atoms with Crippen molar-refractivity contribution in [2.24, 2.45) is 0 Å². The Morgan fingerprint density at radius 3 is 2.50 bits per heavy atom. The van der Waals surface area contributed by atoms with Crippen molar-refractivity contribution in [1.82, 2.24) is 4.57 Å². The first-order valence-corrected chi connectivity index (χ1v) is 9.86. The van der Waals surface area contributed by atoms with E-state index in [0.29, 0.717) is 13.2 Å². The quantitative estimate of drug-likeness (QED) is 0.582. The van der Waals surface area contributed by atoms with Gasteiger partial charge in [0.1, 0.15) is 13.1 Å². The Balaban J connectivity index is 1.74. The molecule has 3 aromatic rings. The van der Waals surface area contributed by atoms with Crippen LogP contribution in [0.2, 0.25) is 0 Å². The van der Waals surface area contributed by atoms with Gasteiger partial charge in [-0.1, -0.05) is 60.2 Å². The van der Waals surface area contributed by atoms with Crippen molar-refractivity contribution in [3.05, 3.63) is 95.3 Å². The fraction of sp³-hybridized carbons (Fsp3) is 0.292. The Labute approximate surface area is 167 Å². The van der Waals surface area contributed by atoms with Gasteiger partial charge in [0.25, 0.3) is 0 Å². The molecular weight excluding hydrogens is 348 g/mol. The third-order valence-electron chi connectivity index (χ3n) is 4.79. The third-order valence-corrected chi connectivity index (χ3v) is 4.79. The van der Waals surface area contributed by atoms with E-state index in [1.54, 1.807) is 0 Å². The minimum absolute atomic E-state index is 0.148. The van der Waals surface area contributed by atoms with Crippen molar-refractivity contribution < 1.29 is 14.4 Å². The Bertz CT molecular complexity index is 886. The average molecular weight is 378 g/mol. The second-order valence-electron chi connectivity index (χ2n) is 7.19. The summed E-state index contributed by atoms with van der Waals surface area (Å²) < 4.78 is 7.47. The number of carbonyl (C=O) groups is 1. The molecule has 4 heteroatoms. The van der Waals surface area contributed by atoms with Crippen molar-refractivity contribution in [3.8, 4) is 0 Å². The number of nitrogens with zero attached hydrogens (tertiary/aromatic N) is 1. The highest BCUT2D eigenvalue weighted by Crippen LogP contribution is 2.09. The zero-order valence-electron chi connectivity index (χ0n) is 16.7. The van der Waals surface area contributed by atoms with Gasteiger partial charge in [0.2, 0.25) is 0 Å². The molecule has 0 radical (unpaired) electrons. The fourth-order valence-electron chi connectivity index (χ4n) is 3.52. The molecule has 0 bridgehead atoms. The topological polar surface area (TPSA) is 35.7 Å². The third kappa shape index (κ3) is 5.83. The number of rotatable bonds is 9. The smallest absolute Gasteiger partial charge is 0.361 e. The molecule has 0 spiro atoms. The van der Waals surface area contributed by atoms with Crippen LogP contribution in [0.15, 0.2) is 72.9 Å². The van der Waals surface area contributed by atoms with Crippen molar-refractivity contribution in [2.45, 2.75) is 33.5 Å². The molecule has 0 saturated heterocycles. The molecule has 146 valence electrons. The number of ether oxygens (including phenoxy) is 1. The van der Waals surface area contributed by atoms with E-state index in [0.717, 1.165) is 19.6 Å². The lowest BCUT2D eigenvalue weighted by Crippen LogP contribution is -3.10. The van der Waals surface area contributed by atoms with Gasteiger partial charge in [-0.3, -0.25) is 0 Å². The van der Waals surface area contributed by atoms with Crippen LogP contribution in [0.25, 0.3) is 0 Å². The minimum atomic E-state index is -0.148. The number of benzene rings is 2. The SMILES string of the molecule is CCOC(=O)C[NH+](Cc1ccccc1)Cc1cccn1Cc1cccc(C)c1.